The summed E-state index contributed by atoms with van der Waals surface area (Å²) in [5.41, 5.74) is 1.53. The van der Waals surface area contributed by atoms with E-state index in [9.17, 15) is 17.9 Å². The van der Waals surface area contributed by atoms with Crippen molar-refractivity contribution in [1.82, 2.24) is 0 Å². The first-order valence-electron chi connectivity index (χ1n) is 5.92. The molecule has 0 amide bonds. The number of aryl methyl sites for hydroxylation is 1. The lowest BCUT2D eigenvalue weighted by molar-refractivity contribution is 0.282. The molecule has 0 spiro atoms. The van der Waals surface area contributed by atoms with Gasteiger partial charge in [-0.05, 0) is 36.8 Å². The van der Waals surface area contributed by atoms with E-state index in [0.29, 0.717) is 16.8 Å². The van der Waals surface area contributed by atoms with Crippen LogP contribution in [0.15, 0.2) is 47.4 Å². The lowest BCUT2D eigenvalue weighted by Gasteiger charge is -2.14. The molecule has 0 saturated heterocycles. The van der Waals surface area contributed by atoms with Crippen molar-refractivity contribution in [2.24, 2.45) is 0 Å². The number of para-hydroxylation sites is 1. The Labute approximate surface area is 116 Å². The summed E-state index contributed by atoms with van der Waals surface area (Å²) < 4.78 is 39.7. The Morgan fingerprint density at radius 1 is 1.15 bits per heavy atom. The smallest absolute Gasteiger partial charge is 0.261 e. The summed E-state index contributed by atoms with van der Waals surface area (Å²) in [6.45, 7) is 1.46. The second-order valence-corrected chi connectivity index (χ2v) is 6.01. The minimum Gasteiger partial charge on any atom is -0.392 e. The van der Waals surface area contributed by atoms with Gasteiger partial charge in [-0.3, -0.25) is 4.72 Å². The van der Waals surface area contributed by atoms with E-state index in [1.807, 2.05) is 0 Å². The summed E-state index contributed by atoms with van der Waals surface area (Å²) in [5, 5.41) is 9.26. The quantitative estimate of drug-likeness (QED) is 0.910. The molecule has 2 rings (SSSR count). The van der Waals surface area contributed by atoms with Crippen LogP contribution in [0, 0.1) is 12.7 Å². The molecule has 0 atom stereocenters. The molecule has 20 heavy (non-hydrogen) atoms. The fourth-order valence-corrected chi connectivity index (χ4v) is 2.99. The third-order valence-corrected chi connectivity index (χ3v) is 4.26. The molecule has 0 aliphatic carbocycles. The maximum atomic E-state index is 12.8. The Hall–Kier alpha value is -1.92. The van der Waals surface area contributed by atoms with E-state index in [0.717, 1.165) is 12.1 Å². The van der Waals surface area contributed by atoms with Gasteiger partial charge >= 0.3 is 0 Å². The number of aliphatic hydroxyl groups is 1. The maximum Gasteiger partial charge on any atom is 0.261 e. The van der Waals surface area contributed by atoms with Crippen LogP contribution >= 0.6 is 0 Å². The van der Waals surface area contributed by atoms with Crippen LogP contribution in [0.2, 0.25) is 0 Å². The van der Waals surface area contributed by atoms with E-state index in [1.54, 1.807) is 25.1 Å². The molecule has 0 radical (unpaired) electrons. The van der Waals surface area contributed by atoms with Crippen LogP contribution in [0.3, 0.4) is 0 Å². The number of benzene rings is 2. The van der Waals surface area contributed by atoms with E-state index in [4.69, 9.17) is 0 Å². The zero-order valence-corrected chi connectivity index (χ0v) is 11.6. The van der Waals surface area contributed by atoms with Gasteiger partial charge in [0.1, 0.15) is 5.82 Å². The molecule has 6 heteroatoms. The predicted octanol–water partition coefficient (Wildman–Crippen LogP) is 2.43. The average molecular weight is 295 g/mol. The van der Waals surface area contributed by atoms with E-state index in [2.05, 4.69) is 4.72 Å². The van der Waals surface area contributed by atoms with Gasteiger partial charge in [-0.1, -0.05) is 18.2 Å². The van der Waals surface area contributed by atoms with Crippen LogP contribution in [0.5, 0.6) is 0 Å². The van der Waals surface area contributed by atoms with Crippen molar-refractivity contribution in [2.45, 2.75) is 18.4 Å². The van der Waals surface area contributed by atoms with E-state index in [1.165, 1.54) is 12.1 Å². The van der Waals surface area contributed by atoms with E-state index < -0.39 is 15.8 Å². The molecule has 0 aliphatic heterocycles. The van der Waals surface area contributed by atoms with Crippen molar-refractivity contribution < 1.29 is 17.9 Å². The van der Waals surface area contributed by atoms with Crippen LogP contribution in [0.1, 0.15) is 11.1 Å². The molecule has 0 heterocycles. The lowest BCUT2D eigenvalue weighted by Crippen LogP contribution is -2.15. The van der Waals surface area contributed by atoms with Crippen molar-refractivity contribution in [1.29, 1.82) is 0 Å². The second-order valence-electron chi connectivity index (χ2n) is 4.33. The monoisotopic (exact) mass is 295 g/mol. The molecule has 0 bridgehead atoms. The molecular weight excluding hydrogens is 281 g/mol. The van der Waals surface area contributed by atoms with E-state index >= 15 is 0 Å². The van der Waals surface area contributed by atoms with Gasteiger partial charge in [0.25, 0.3) is 10.0 Å². The Morgan fingerprint density at radius 3 is 2.40 bits per heavy atom. The van der Waals surface area contributed by atoms with Crippen LogP contribution in [0.4, 0.5) is 10.1 Å². The van der Waals surface area contributed by atoms with Gasteiger partial charge in [0, 0.05) is 5.56 Å². The van der Waals surface area contributed by atoms with E-state index in [-0.39, 0.29) is 11.5 Å². The van der Waals surface area contributed by atoms with Crippen molar-refractivity contribution in [3.05, 3.63) is 59.4 Å². The number of halogens is 1. The lowest BCUT2D eigenvalue weighted by atomic mass is 10.1. The van der Waals surface area contributed by atoms with Gasteiger partial charge < -0.3 is 5.11 Å². The first kappa shape index (κ1) is 14.5. The molecule has 2 aromatic carbocycles. The minimum absolute atomic E-state index is 0.0361. The topological polar surface area (TPSA) is 66.4 Å². The SMILES string of the molecule is Cc1cccc(CO)c1NS(=O)(=O)c1ccc(F)cc1. The Morgan fingerprint density at radius 2 is 1.80 bits per heavy atom. The van der Waals surface area contributed by atoms with Gasteiger partial charge in [-0.2, -0.15) is 0 Å². The van der Waals surface area contributed by atoms with Gasteiger partial charge in [0.05, 0.1) is 17.2 Å². The second kappa shape index (κ2) is 5.60. The van der Waals surface area contributed by atoms with Crippen molar-refractivity contribution >= 4 is 15.7 Å². The first-order chi connectivity index (χ1) is 9.44. The predicted molar refractivity (Wildman–Crippen MR) is 74.3 cm³/mol. The molecule has 0 aromatic heterocycles. The molecule has 0 unspecified atom stereocenters. The number of rotatable bonds is 4. The van der Waals surface area contributed by atoms with Gasteiger partial charge in [-0.15, -0.1) is 0 Å². The minimum atomic E-state index is -3.81. The summed E-state index contributed by atoms with van der Waals surface area (Å²) >= 11 is 0. The molecular formula is C14H14FNO3S. The third-order valence-electron chi connectivity index (χ3n) is 2.89. The third kappa shape index (κ3) is 2.97. The molecule has 0 fully saturated rings. The normalized spacial score (nSPS) is 11.3. The van der Waals surface area contributed by atoms with Gasteiger partial charge in [-0.25, -0.2) is 12.8 Å². The molecule has 0 saturated carbocycles. The van der Waals surface area contributed by atoms with Crippen molar-refractivity contribution in [2.75, 3.05) is 4.72 Å². The summed E-state index contributed by atoms with van der Waals surface area (Å²) in [4.78, 5) is -0.0361. The highest BCUT2D eigenvalue weighted by molar-refractivity contribution is 7.92. The Kier molecular flexibility index (Phi) is 4.06. The fraction of sp³-hybridized carbons (Fsp3) is 0.143. The van der Waals surface area contributed by atoms with Crippen molar-refractivity contribution in [3.8, 4) is 0 Å². The summed E-state index contributed by atoms with van der Waals surface area (Å²) in [7, 11) is -3.81. The largest absolute Gasteiger partial charge is 0.392 e. The number of hydrogen-bond acceptors (Lipinski definition) is 3. The molecule has 2 N–H and O–H groups in total. The summed E-state index contributed by atoms with van der Waals surface area (Å²) in [6.07, 6.45) is 0. The standard InChI is InChI=1S/C14H14FNO3S/c1-10-3-2-4-11(9-17)14(10)16-20(18,19)13-7-5-12(15)6-8-13/h2-8,16-17H,9H2,1H3. The number of hydrogen-bond donors (Lipinski definition) is 2. The van der Waals surface area contributed by atoms with Crippen LogP contribution in [-0.2, 0) is 16.6 Å². The molecule has 0 aliphatic rings. The number of sulfonamides is 1. The molecule has 4 nitrogen and oxygen atoms in total. The number of anilines is 1. The van der Waals surface area contributed by atoms with Crippen LogP contribution in [-0.4, -0.2) is 13.5 Å². The highest BCUT2D eigenvalue weighted by Gasteiger charge is 2.17. The molecule has 106 valence electrons. The highest BCUT2D eigenvalue weighted by Crippen LogP contribution is 2.24. The average Bonchev–Trinajstić information content (AvgIpc) is 2.41. The number of nitrogens with one attached hydrogen (secondary N) is 1. The zero-order chi connectivity index (χ0) is 14.8. The molecule has 2 aromatic rings. The van der Waals surface area contributed by atoms with Crippen LogP contribution < -0.4 is 4.72 Å². The summed E-state index contributed by atoms with van der Waals surface area (Å²) in [6, 6.07) is 9.65. The highest BCUT2D eigenvalue weighted by atomic mass is 32.2. The van der Waals surface area contributed by atoms with Crippen molar-refractivity contribution in [3.63, 3.8) is 0 Å². The summed E-state index contributed by atoms with van der Waals surface area (Å²) in [5.74, 6) is -0.504. The maximum absolute atomic E-state index is 12.8. The first-order valence-corrected chi connectivity index (χ1v) is 7.40. The van der Waals surface area contributed by atoms with Gasteiger partial charge in [0.15, 0.2) is 0 Å². The zero-order valence-electron chi connectivity index (χ0n) is 10.8. The van der Waals surface area contributed by atoms with Crippen LogP contribution in [0.25, 0.3) is 0 Å². The Balaban J connectivity index is 2.41. The number of aliphatic hydroxyl groups excluding tert-OH is 1. The fourth-order valence-electron chi connectivity index (χ4n) is 1.81. The Bertz CT molecular complexity index is 712. The van der Waals surface area contributed by atoms with Gasteiger partial charge in [0.2, 0.25) is 0 Å².